The molecule has 1 aromatic carbocycles. The third-order valence-corrected chi connectivity index (χ3v) is 3.71. The molecule has 0 radical (unpaired) electrons. The number of amides is 3. The monoisotopic (exact) mass is 362 g/mol. The average Bonchev–Trinajstić information content (AvgIpc) is 2.56. The molecule has 8 heteroatoms. The Morgan fingerprint density at radius 1 is 1.23 bits per heavy atom. The Labute approximate surface area is 151 Å². The van der Waals surface area contributed by atoms with Gasteiger partial charge < -0.3 is 16.4 Å². The number of carbonyl (C=O) groups excluding carboxylic acids is 3. The van der Waals surface area contributed by atoms with Gasteiger partial charge in [0.15, 0.2) is 0 Å². The van der Waals surface area contributed by atoms with Gasteiger partial charge in [0.1, 0.15) is 17.9 Å². The first-order valence-electron chi connectivity index (χ1n) is 8.31. The molecule has 140 valence electrons. The van der Waals surface area contributed by atoms with Crippen molar-refractivity contribution in [2.45, 2.75) is 51.1 Å². The van der Waals surface area contributed by atoms with Crippen LogP contribution in [0.1, 0.15) is 38.2 Å². The van der Waals surface area contributed by atoms with Crippen LogP contribution in [0.5, 0.6) is 0 Å². The van der Waals surface area contributed by atoms with E-state index in [9.17, 15) is 18.8 Å². The molecule has 0 spiro atoms. The lowest BCUT2D eigenvalue weighted by Crippen LogP contribution is -2.53. The van der Waals surface area contributed by atoms with E-state index in [1.54, 1.807) is 6.07 Å². The van der Waals surface area contributed by atoms with Gasteiger partial charge in [-0.05, 0) is 37.0 Å². The second-order valence-corrected chi connectivity index (χ2v) is 5.95. The summed E-state index contributed by atoms with van der Waals surface area (Å²) >= 11 is 0. The molecule has 0 heterocycles. The molecule has 0 aliphatic heterocycles. The van der Waals surface area contributed by atoms with E-state index in [1.165, 1.54) is 25.1 Å². The Morgan fingerprint density at radius 2 is 1.96 bits per heavy atom. The number of nitriles is 1. The third kappa shape index (κ3) is 7.75. The molecule has 0 aliphatic rings. The van der Waals surface area contributed by atoms with Crippen molar-refractivity contribution < 1.29 is 18.8 Å². The number of carbonyl (C=O) groups is 3. The largest absolute Gasteiger partial charge is 0.368 e. The molecule has 0 aromatic heterocycles. The summed E-state index contributed by atoms with van der Waals surface area (Å²) < 4.78 is 13.3. The van der Waals surface area contributed by atoms with Crippen LogP contribution in [-0.2, 0) is 20.8 Å². The lowest BCUT2D eigenvalue weighted by atomic mass is 10.0. The summed E-state index contributed by atoms with van der Waals surface area (Å²) in [5.41, 5.74) is 5.85. The first-order chi connectivity index (χ1) is 12.3. The molecular formula is C18H23FN4O3. The summed E-state index contributed by atoms with van der Waals surface area (Å²) in [6.45, 7) is 1.26. The quantitative estimate of drug-likeness (QED) is 0.535. The molecule has 3 amide bonds. The maximum atomic E-state index is 13.3. The van der Waals surface area contributed by atoms with Crippen LogP contribution < -0.4 is 16.4 Å². The Morgan fingerprint density at radius 3 is 2.54 bits per heavy atom. The topological polar surface area (TPSA) is 125 Å². The molecular weight excluding hydrogens is 339 g/mol. The van der Waals surface area contributed by atoms with E-state index in [2.05, 4.69) is 10.6 Å². The molecule has 0 aliphatic carbocycles. The van der Waals surface area contributed by atoms with Gasteiger partial charge in [-0.3, -0.25) is 14.4 Å². The van der Waals surface area contributed by atoms with Crippen molar-refractivity contribution in [1.29, 1.82) is 5.26 Å². The van der Waals surface area contributed by atoms with E-state index in [1.807, 2.05) is 6.07 Å². The van der Waals surface area contributed by atoms with Crippen LogP contribution in [0.25, 0.3) is 0 Å². The molecule has 1 rings (SSSR count). The van der Waals surface area contributed by atoms with Gasteiger partial charge in [0.05, 0.1) is 6.07 Å². The number of nitrogens with zero attached hydrogens (tertiary/aromatic N) is 1. The smallest absolute Gasteiger partial charge is 0.243 e. The minimum absolute atomic E-state index is 0.0725. The summed E-state index contributed by atoms with van der Waals surface area (Å²) in [6.07, 6.45) is 1.87. The van der Waals surface area contributed by atoms with E-state index in [4.69, 9.17) is 11.0 Å². The number of halogens is 1. The second kappa shape index (κ2) is 10.8. The van der Waals surface area contributed by atoms with Crippen molar-refractivity contribution in [2.24, 2.45) is 5.73 Å². The zero-order valence-corrected chi connectivity index (χ0v) is 14.6. The normalized spacial score (nSPS) is 12.5. The lowest BCUT2D eigenvalue weighted by molar-refractivity contribution is -0.130. The summed E-state index contributed by atoms with van der Waals surface area (Å²) in [6, 6.07) is 5.84. The van der Waals surface area contributed by atoms with Crippen molar-refractivity contribution in [1.82, 2.24) is 10.6 Å². The fraction of sp³-hybridized carbons (Fsp3) is 0.444. The first kappa shape index (κ1) is 21.1. The average molecular weight is 362 g/mol. The number of rotatable bonds is 10. The molecule has 0 saturated heterocycles. The molecule has 0 saturated carbocycles. The summed E-state index contributed by atoms with van der Waals surface area (Å²) in [7, 11) is 0. The number of primary amides is 1. The first-order valence-corrected chi connectivity index (χ1v) is 8.31. The van der Waals surface area contributed by atoms with E-state index in [0.29, 0.717) is 31.2 Å². The highest BCUT2D eigenvalue weighted by molar-refractivity contribution is 5.91. The van der Waals surface area contributed by atoms with Crippen LogP contribution >= 0.6 is 0 Å². The van der Waals surface area contributed by atoms with Crippen molar-refractivity contribution in [2.75, 3.05) is 0 Å². The van der Waals surface area contributed by atoms with Gasteiger partial charge in [0, 0.05) is 19.8 Å². The Balaban J connectivity index is 2.77. The highest BCUT2D eigenvalue weighted by atomic mass is 19.1. The van der Waals surface area contributed by atoms with E-state index >= 15 is 0 Å². The SMILES string of the molecule is CC(=O)N[C@@H](Cc1cccc(F)c1)C(=O)N[C@@H](CCCCC#N)C(N)=O. The van der Waals surface area contributed by atoms with E-state index in [0.717, 1.165) is 0 Å². The Kier molecular flexibility index (Phi) is 8.78. The lowest BCUT2D eigenvalue weighted by Gasteiger charge is -2.21. The number of nitrogens with one attached hydrogen (secondary N) is 2. The zero-order valence-electron chi connectivity index (χ0n) is 14.6. The van der Waals surface area contributed by atoms with Crippen molar-refractivity contribution in [3.8, 4) is 6.07 Å². The highest BCUT2D eigenvalue weighted by Crippen LogP contribution is 2.08. The fourth-order valence-corrected chi connectivity index (χ4v) is 2.46. The maximum absolute atomic E-state index is 13.3. The van der Waals surface area contributed by atoms with Crippen LogP contribution in [0.15, 0.2) is 24.3 Å². The maximum Gasteiger partial charge on any atom is 0.243 e. The van der Waals surface area contributed by atoms with E-state index in [-0.39, 0.29) is 6.42 Å². The molecule has 4 N–H and O–H groups in total. The molecule has 0 bridgehead atoms. The zero-order chi connectivity index (χ0) is 19.5. The highest BCUT2D eigenvalue weighted by Gasteiger charge is 2.25. The number of unbranched alkanes of at least 4 members (excludes halogenated alkanes) is 2. The molecule has 26 heavy (non-hydrogen) atoms. The van der Waals surface area contributed by atoms with Gasteiger partial charge in [-0.2, -0.15) is 5.26 Å². The van der Waals surface area contributed by atoms with Crippen LogP contribution in [-0.4, -0.2) is 29.8 Å². The fourth-order valence-electron chi connectivity index (χ4n) is 2.46. The van der Waals surface area contributed by atoms with Gasteiger partial charge in [-0.15, -0.1) is 0 Å². The molecule has 0 unspecified atom stereocenters. The predicted octanol–water partition coefficient (Wildman–Crippen LogP) is 0.927. The third-order valence-electron chi connectivity index (χ3n) is 3.71. The van der Waals surface area contributed by atoms with Crippen LogP contribution in [0.2, 0.25) is 0 Å². The number of nitrogens with two attached hydrogens (primary N) is 1. The van der Waals surface area contributed by atoms with Gasteiger partial charge in [-0.1, -0.05) is 12.1 Å². The van der Waals surface area contributed by atoms with Crippen molar-refractivity contribution >= 4 is 17.7 Å². The number of benzene rings is 1. The summed E-state index contributed by atoms with van der Waals surface area (Å²) in [5.74, 6) is -2.14. The number of hydrogen-bond donors (Lipinski definition) is 3. The second-order valence-electron chi connectivity index (χ2n) is 5.95. The molecule has 7 nitrogen and oxygen atoms in total. The molecule has 0 fully saturated rings. The molecule has 2 atom stereocenters. The van der Waals surface area contributed by atoms with Crippen LogP contribution in [0.4, 0.5) is 4.39 Å². The summed E-state index contributed by atoms with van der Waals surface area (Å²) in [5, 5.41) is 13.6. The number of hydrogen-bond acceptors (Lipinski definition) is 4. The van der Waals surface area contributed by atoms with Gasteiger partial charge >= 0.3 is 0 Å². The van der Waals surface area contributed by atoms with Gasteiger partial charge in [0.25, 0.3) is 0 Å². The van der Waals surface area contributed by atoms with Crippen molar-refractivity contribution in [3.05, 3.63) is 35.6 Å². The van der Waals surface area contributed by atoms with Crippen LogP contribution in [0, 0.1) is 17.1 Å². The Bertz CT molecular complexity index is 687. The summed E-state index contributed by atoms with van der Waals surface area (Å²) in [4.78, 5) is 35.4. The van der Waals surface area contributed by atoms with E-state index < -0.39 is 35.6 Å². The van der Waals surface area contributed by atoms with Crippen molar-refractivity contribution in [3.63, 3.8) is 0 Å². The minimum atomic E-state index is -0.963. The molecule has 1 aromatic rings. The Hall–Kier alpha value is -2.95. The van der Waals surface area contributed by atoms with Gasteiger partial charge in [-0.25, -0.2) is 4.39 Å². The van der Waals surface area contributed by atoms with Gasteiger partial charge in [0.2, 0.25) is 17.7 Å². The minimum Gasteiger partial charge on any atom is -0.368 e. The van der Waals surface area contributed by atoms with Crippen LogP contribution in [0.3, 0.4) is 0 Å². The standard InChI is InChI=1S/C18H23FN4O3/c1-12(24)22-16(11-13-6-5-7-14(19)10-13)18(26)23-15(17(21)25)8-3-2-4-9-20/h5-7,10,15-16H,2-4,8,11H2,1H3,(H2,21,25)(H,22,24)(H,23,26)/t15-,16-/m0/s1. The predicted molar refractivity (Wildman–Crippen MR) is 92.9 cm³/mol.